The Hall–Kier alpha value is -2.30. The molecule has 5 heteroatoms. The number of amides is 2. The lowest BCUT2D eigenvalue weighted by Crippen LogP contribution is -2.44. The van der Waals surface area contributed by atoms with Crippen LogP contribution in [-0.2, 0) is 9.59 Å². The Labute approximate surface area is 199 Å². The van der Waals surface area contributed by atoms with Crippen molar-refractivity contribution in [3.63, 3.8) is 0 Å². The summed E-state index contributed by atoms with van der Waals surface area (Å²) in [6.07, 6.45) is 7.57. The number of likely N-dealkylation sites (tertiary alicyclic amines) is 1. The number of carbonyl (C=O) groups excluding carboxylic acids is 2. The van der Waals surface area contributed by atoms with Crippen LogP contribution in [0.1, 0.15) is 78.2 Å². The third-order valence-corrected chi connectivity index (χ3v) is 7.19. The van der Waals surface area contributed by atoms with E-state index in [1.807, 2.05) is 24.3 Å². The summed E-state index contributed by atoms with van der Waals surface area (Å²) in [7, 11) is 0. The van der Waals surface area contributed by atoms with Gasteiger partial charge in [0, 0.05) is 19.1 Å². The zero-order valence-electron chi connectivity index (χ0n) is 20.8. The minimum absolute atomic E-state index is 0.0216. The monoisotopic (exact) mass is 452 g/mol. The number of ether oxygens (including phenoxy) is 1. The predicted molar refractivity (Wildman–Crippen MR) is 132 cm³/mol. The van der Waals surface area contributed by atoms with Crippen molar-refractivity contribution in [3.05, 3.63) is 35.5 Å². The first-order valence-corrected chi connectivity index (χ1v) is 13.0. The molecule has 1 aromatic rings. The van der Waals surface area contributed by atoms with E-state index in [0.717, 1.165) is 56.5 Å². The summed E-state index contributed by atoms with van der Waals surface area (Å²) in [5.74, 6) is 2.07. The summed E-state index contributed by atoms with van der Waals surface area (Å²) >= 11 is 0. The molecule has 2 atom stereocenters. The Balaban J connectivity index is 1.69. The van der Waals surface area contributed by atoms with Gasteiger partial charge in [0.05, 0.1) is 12.2 Å². The SMILES string of the molecule is CC(C)COc1ccc(C2=C(N3CC(C)CC(C)C3)C(=O)N(C3CCCCCC3)C2=O)cc1. The highest BCUT2D eigenvalue weighted by Gasteiger charge is 2.45. The van der Waals surface area contributed by atoms with Crippen LogP contribution < -0.4 is 4.74 Å². The molecule has 1 saturated carbocycles. The molecule has 5 nitrogen and oxygen atoms in total. The molecule has 1 saturated heterocycles. The molecule has 180 valence electrons. The van der Waals surface area contributed by atoms with E-state index < -0.39 is 0 Å². The quantitative estimate of drug-likeness (QED) is 0.422. The van der Waals surface area contributed by atoms with Gasteiger partial charge in [0.2, 0.25) is 0 Å². The summed E-state index contributed by atoms with van der Waals surface area (Å²) in [5, 5.41) is 0. The highest BCUT2D eigenvalue weighted by molar-refractivity contribution is 6.35. The van der Waals surface area contributed by atoms with Gasteiger partial charge < -0.3 is 9.64 Å². The molecule has 4 rings (SSSR count). The maximum absolute atomic E-state index is 13.8. The Kier molecular flexibility index (Phi) is 7.45. The van der Waals surface area contributed by atoms with Gasteiger partial charge in [0.25, 0.3) is 11.8 Å². The van der Waals surface area contributed by atoms with Crippen molar-refractivity contribution in [3.8, 4) is 5.75 Å². The third kappa shape index (κ3) is 5.28. The molecule has 2 heterocycles. The highest BCUT2D eigenvalue weighted by Crippen LogP contribution is 2.38. The normalized spacial score (nSPS) is 25.2. The van der Waals surface area contributed by atoms with Gasteiger partial charge in [-0.3, -0.25) is 14.5 Å². The lowest BCUT2D eigenvalue weighted by molar-refractivity contribution is -0.140. The van der Waals surface area contributed by atoms with E-state index in [4.69, 9.17) is 4.74 Å². The van der Waals surface area contributed by atoms with Crippen LogP contribution in [0.15, 0.2) is 30.0 Å². The van der Waals surface area contributed by atoms with Crippen LogP contribution in [-0.4, -0.2) is 47.4 Å². The van der Waals surface area contributed by atoms with Crippen LogP contribution in [0.25, 0.3) is 5.57 Å². The Morgan fingerprint density at radius 3 is 2.09 bits per heavy atom. The number of benzene rings is 1. The van der Waals surface area contributed by atoms with Crippen LogP contribution in [0.5, 0.6) is 5.75 Å². The zero-order chi connectivity index (χ0) is 23.5. The molecular formula is C28H40N2O3. The molecule has 0 bridgehead atoms. The first kappa shape index (κ1) is 23.8. The molecule has 2 unspecified atom stereocenters. The van der Waals surface area contributed by atoms with Gasteiger partial charge >= 0.3 is 0 Å². The maximum Gasteiger partial charge on any atom is 0.278 e. The number of hydrogen-bond acceptors (Lipinski definition) is 4. The number of hydrogen-bond donors (Lipinski definition) is 0. The number of rotatable bonds is 6. The summed E-state index contributed by atoms with van der Waals surface area (Å²) in [6, 6.07) is 7.77. The molecular weight excluding hydrogens is 412 g/mol. The summed E-state index contributed by atoms with van der Waals surface area (Å²) < 4.78 is 5.85. The van der Waals surface area contributed by atoms with Crippen molar-refractivity contribution >= 4 is 17.4 Å². The number of carbonyl (C=O) groups is 2. The van der Waals surface area contributed by atoms with Crippen molar-refractivity contribution in [2.75, 3.05) is 19.7 Å². The van der Waals surface area contributed by atoms with E-state index in [-0.39, 0.29) is 17.9 Å². The van der Waals surface area contributed by atoms with Crippen molar-refractivity contribution in [1.29, 1.82) is 0 Å². The van der Waals surface area contributed by atoms with E-state index in [1.54, 1.807) is 4.90 Å². The van der Waals surface area contributed by atoms with Crippen molar-refractivity contribution in [2.24, 2.45) is 17.8 Å². The largest absolute Gasteiger partial charge is 0.493 e. The maximum atomic E-state index is 13.8. The molecule has 2 fully saturated rings. The molecule has 0 N–H and O–H groups in total. The van der Waals surface area contributed by atoms with E-state index in [0.29, 0.717) is 35.6 Å². The Morgan fingerprint density at radius 1 is 0.909 bits per heavy atom. The van der Waals surface area contributed by atoms with Crippen LogP contribution in [0.4, 0.5) is 0 Å². The smallest absolute Gasteiger partial charge is 0.278 e. The van der Waals surface area contributed by atoms with Crippen LogP contribution >= 0.6 is 0 Å². The summed E-state index contributed by atoms with van der Waals surface area (Å²) in [5.41, 5.74) is 2.03. The molecule has 0 spiro atoms. The first-order valence-electron chi connectivity index (χ1n) is 13.0. The van der Waals surface area contributed by atoms with Crippen LogP contribution in [0.3, 0.4) is 0 Å². The highest BCUT2D eigenvalue weighted by atomic mass is 16.5. The van der Waals surface area contributed by atoms with E-state index in [2.05, 4.69) is 32.6 Å². The van der Waals surface area contributed by atoms with Gasteiger partial charge in [-0.15, -0.1) is 0 Å². The summed E-state index contributed by atoms with van der Waals surface area (Å²) in [4.78, 5) is 31.5. The molecule has 33 heavy (non-hydrogen) atoms. The third-order valence-electron chi connectivity index (χ3n) is 7.19. The second-order valence-corrected chi connectivity index (χ2v) is 10.9. The Bertz CT molecular complexity index is 871. The predicted octanol–water partition coefficient (Wildman–Crippen LogP) is 5.50. The van der Waals surface area contributed by atoms with Gasteiger partial charge in [-0.25, -0.2) is 0 Å². The van der Waals surface area contributed by atoms with Gasteiger partial charge in [-0.1, -0.05) is 65.5 Å². The van der Waals surface area contributed by atoms with Gasteiger partial charge in [0.1, 0.15) is 11.4 Å². The van der Waals surface area contributed by atoms with E-state index in [1.165, 1.54) is 12.8 Å². The van der Waals surface area contributed by atoms with Crippen molar-refractivity contribution in [1.82, 2.24) is 9.80 Å². The van der Waals surface area contributed by atoms with Gasteiger partial charge in [-0.05, 0) is 54.7 Å². The molecule has 2 aliphatic heterocycles. The van der Waals surface area contributed by atoms with Crippen LogP contribution in [0, 0.1) is 17.8 Å². The van der Waals surface area contributed by atoms with E-state index >= 15 is 0 Å². The van der Waals surface area contributed by atoms with Crippen molar-refractivity contribution < 1.29 is 14.3 Å². The standard InChI is InChI=1S/C28H40N2O3/c1-19(2)18-33-24-13-11-22(12-14-24)25-26(29-16-20(3)15-21(4)17-29)28(32)30(27(25)31)23-9-7-5-6-8-10-23/h11-14,19-21,23H,5-10,15-18H2,1-4H3. The van der Waals surface area contributed by atoms with Gasteiger partial charge in [-0.2, -0.15) is 0 Å². The fraction of sp³-hybridized carbons (Fsp3) is 0.643. The number of nitrogens with zero attached hydrogens (tertiary/aromatic N) is 2. The molecule has 3 aliphatic rings. The lowest BCUT2D eigenvalue weighted by Gasteiger charge is -2.37. The topological polar surface area (TPSA) is 49.9 Å². The molecule has 2 amide bonds. The fourth-order valence-electron chi connectivity index (χ4n) is 5.76. The minimum Gasteiger partial charge on any atom is -0.493 e. The minimum atomic E-state index is -0.108. The van der Waals surface area contributed by atoms with Crippen LogP contribution in [0.2, 0.25) is 0 Å². The average Bonchev–Trinajstić information content (AvgIpc) is 2.92. The van der Waals surface area contributed by atoms with Gasteiger partial charge in [0.15, 0.2) is 0 Å². The average molecular weight is 453 g/mol. The molecule has 0 aromatic heterocycles. The number of piperidine rings is 1. The number of imide groups is 1. The Morgan fingerprint density at radius 2 is 1.52 bits per heavy atom. The fourth-order valence-corrected chi connectivity index (χ4v) is 5.76. The van der Waals surface area contributed by atoms with Crippen molar-refractivity contribution in [2.45, 2.75) is 78.7 Å². The second-order valence-electron chi connectivity index (χ2n) is 10.9. The second kappa shape index (κ2) is 10.3. The summed E-state index contributed by atoms with van der Waals surface area (Å²) in [6.45, 7) is 11.0. The molecule has 0 radical (unpaired) electrons. The zero-order valence-corrected chi connectivity index (χ0v) is 20.8. The molecule has 1 aromatic carbocycles. The first-order chi connectivity index (χ1) is 15.8. The molecule has 1 aliphatic carbocycles. The lowest BCUT2D eigenvalue weighted by atomic mass is 9.91. The van der Waals surface area contributed by atoms with E-state index in [9.17, 15) is 9.59 Å².